The van der Waals surface area contributed by atoms with Crippen LogP contribution in [0.15, 0.2) is 6.07 Å². The summed E-state index contributed by atoms with van der Waals surface area (Å²) in [5, 5.41) is 8.73. The number of thiocarbonyl (C=S) groups is 1. The lowest BCUT2D eigenvalue weighted by Crippen LogP contribution is -2.39. The van der Waals surface area contributed by atoms with E-state index >= 15 is 0 Å². The van der Waals surface area contributed by atoms with E-state index in [0.29, 0.717) is 5.82 Å². The molecule has 0 unspecified atom stereocenters. The van der Waals surface area contributed by atoms with Crippen LogP contribution in [-0.4, -0.2) is 33.1 Å². The third-order valence-corrected chi connectivity index (χ3v) is 2.02. The summed E-state index contributed by atoms with van der Waals surface area (Å²) in [6.07, 6.45) is 0. The van der Waals surface area contributed by atoms with E-state index in [1.807, 2.05) is 0 Å². The Balaban J connectivity index is 2.57. The average Bonchev–Trinajstić information content (AvgIpc) is 2.53. The van der Waals surface area contributed by atoms with E-state index in [1.165, 1.54) is 4.68 Å². The molecule has 92 valence electrons. The molecule has 1 aromatic rings. The molecule has 1 heterocycles. The smallest absolute Gasteiger partial charge is 0.314 e. The third kappa shape index (κ3) is 3.83. The van der Waals surface area contributed by atoms with Crippen molar-refractivity contribution in [2.75, 3.05) is 11.9 Å². The SMILES string of the molecule is Cc1cc(NC(=O)C(=O)NCC(N)=S)n(C)n1. The molecule has 0 aliphatic heterocycles. The maximum atomic E-state index is 11.4. The van der Waals surface area contributed by atoms with Gasteiger partial charge in [0.05, 0.1) is 17.2 Å². The van der Waals surface area contributed by atoms with E-state index in [2.05, 4.69) is 28.0 Å². The number of hydrogen-bond acceptors (Lipinski definition) is 4. The Kier molecular flexibility index (Phi) is 4.16. The van der Waals surface area contributed by atoms with Crippen LogP contribution in [0.3, 0.4) is 0 Å². The molecule has 0 fully saturated rings. The van der Waals surface area contributed by atoms with Gasteiger partial charge in [-0.05, 0) is 6.92 Å². The minimum atomic E-state index is -0.795. The first-order chi connectivity index (χ1) is 7.90. The lowest BCUT2D eigenvalue weighted by Gasteiger charge is -2.05. The van der Waals surface area contributed by atoms with Crippen molar-refractivity contribution in [3.05, 3.63) is 11.8 Å². The van der Waals surface area contributed by atoms with Gasteiger partial charge >= 0.3 is 11.8 Å². The molecule has 0 radical (unpaired) electrons. The van der Waals surface area contributed by atoms with Gasteiger partial charge in [0.2, 0.25) is 0 Å². The molecule has 1 rings (SSSR count). The zero-order chi connectivity index (χ0) is 13.0. The Hall–Kier alpha value is -1.96. The maximum Gasteiger partial charge on any atom is 0.314 e. The van der Waals surface area contributed by atoms with Gasteiger partial charge in [-0.25, -0.2) is 0 Å². The van der Waals surface area contributed by atoms with Crippen LogP contribution in [0.1, 0.15) is 5.69 Å². The third-order valence-electron chi connectivity index (χ3n) is 1.87. The second-order valence-corrected chi connectivity index (χ2v) is 3.92. The van der Waals surface area contributed by atoms with Gasteiger partial charge in [-0.3, -0.25) is 14.3 Å². The number of anilines is 1. The zero-order valence-corrected chi connectivity index (χ0v) is 10.3. The number of carbonyl (C=O) groups excluding carboxylic acids is 2. The summed E-state index contributed by atoms with van der Waals surface area (Å²) in [4.78, 5) is 22.9. The summed E-state index contributed by atoms with van der Waals surface area (Å²) in [6, 6.07) is 1.65. The Morgan fingerprint density at radius 2 is 2.18 bits per heavy atom. The lowest BCUT2D eigenvalue weighted by atomic mass is 10.4. The van der Waals surface area contributed by atoms with E-state index < -0.39 is 11.8 Å². The average molecular weight is 255 g/mol. The Labute approximate surface area is 103 Å². The summed E-state index contributed by atoms with van der Waals surface area (Å²) < 4.78 is 1.47. The van der Waals surface area contributed by atoms with Crippen molar-refractivity contribution < 1.29 is 9.59 Å². The van der Waals surface area contributed by atoms with Crippen molar-refractivity contribution in [2.45, 2.75) is 6.92 Å². The number of rotatable bonds is 3. The normalized spacial score (nSPS) is 9.76. The van der Waals surface area contributed by atoms with E-state index in [1.54, 1.807) is 20.0 Å². The van der Waals surface area contributed by atoms with Crippen LogP contribution in [0.4, 0.5) is 5.82 Å². The molecule has 8 heteroatoms. The first kappa shape index (κ1) is 13.1. The van der Waals surface area contributed by atoms with Gasteiger partial charge in [0, 0.05) is 13.1 Å². The number of nitrogens with two attached hydrogens (primary N) is 1. The minimum absolute atomic E-state index is 0.00794. The maximum absolute atomic E-state index is 11.4. The number of hydrogen-bond donors (Lipinski definition) is 3. The molecule has 4 N–H and O–H groups in total. The quantitative estimate of drug-likeness (QED) is 0.478. The number of nitrogens with one attached hydrogen (secondary N) is 2. The zero-order valence-electron chi connectivity index (χ0n) is 9.48. The van der Waals surface area contributed by atoms with Crippen molar-refractivity contribution in [3.63, 3.8) is 0 Å². The number of amides is 2. The van der Waals surface area contributed by atoms with E-state index in [9.17, 15) is 9.59 Å². The van der Waals surface area contributed by atoms with Crippen LogP contribution < -0.4 is 16.4 Å². The fourth-order valence-corrected chi connectivity index (χ4v) is 1.22. The van der Waals surface area contributed by atoms with E-state index in [0.717, 1.165) is 5.69 Å². The molecule has 0 aliphatic carbocycles. The van der Waals surface area contributed by atoms with Crippen molar-refractivity contribution in [2.24, 2.45) is 12.8 Å². The van der Waals surface area contributed by atoms with Crippen LogP contribution >= 0.6 is 12.2 Å². The highest BCUT2D eigenvalue weighted by Crippen LogP contribution is 2.07. The lowest BCUT2D eigenvalue weighted by molar-refractivity contribution is -0.136. The van der Waals surface area contributed by atoms with E-state index in [-0.39, 0.29) is 11.5 Å². The molecule has 0 spiro atoms. The molecule has 7 nitrogen and oxygen atoms in total. The Bertz CT molecular complexity index is 468. The van der Waals surface area contributed by atoms with Gasteiger partial charge in [0.15, 0.2) is 0 Å². The Morgan fingerprint density at radius 3 is 2.65 bits per heavy atom. The highest BCUT2D eigenvalue weighted by atomic mass is 32.1. The number of nitrogens with zero attached hydrogens (tertiary/aromatic N) is 2. The second-order valence-electron chi connectivity index (χ2n) is 3.40. The largest absolute Gasteiger partial charge is 0.392 e. The monoisotopic (exact) mass is 255 g/mol. The van der Waals surface area contributed by atoms with Crippen molar-refractivity contribution in [3.8, 4) is 0 Å². The standard InChI is InChI=1S/C9H13N5O2S/c1-5-3-7(14(2)13-5)12-9(16)8(15)11-4-6(10)17/h3H,4H2,1-2H3,(H2,10,17)(H,11,15)(H,12,16). The fourth-order valence-electron chi connectivity index (χ4n) is 1.15. The predicted octanol–water partition coefficient (Wildman–Crippen LogP) is -0.931. The molecular weight excluding hydrogens is 242 g/mol. The fraction of sp³-hybridized carbons (Fsp3) is 0.333. The number of aromatic nitrogens is 2. The van der Waals surface area contributed by atoms with Gasteiger partial charge in [0.1, 0.15) is 5.82 Å². The van der Waals surface area contributed by atoms with Gasteiger partial charge in [0.25, 0.3) is 0 Å². The van der Waals surface area contributed by atoms with Crippen molar-refractivity contribution >= 4 is 34.8 Å². The number of carbonyl (C=O) groups is 2. The van der Waals surface area contributed by atoms with Crippen LogP contribution in [0.5, 0.6) is 0 Å². The highest BCUT2D eigenvalue weighted by molar-refractivity contribution is 7.80. The summed E-state index contributed by atoms with van der Waals surface area (Å²) in [5.74, 6) is -1.14. The van der Waals surface area contributed by atoms with Crippen LogP contribution in [0.2, 0.25) is 0 Å². The van der Waals surface area contributed by atoms with Crippen LogP contribution in [0.25, 0.3) is 0 Å². The molecule has 17 heavy (non-hydrogen) atoms. The molecule has 2 amide bonds. The molecule has 0 atom stereocenters. The molecule has 0 saturated carbocycles. The first-order valence-electron chi connectivity index (χ1n) is 4.78. The Morgan fingerprint density at radius 1 is 1.53 bits per heavy atom. The van der Waals surface area contributed by atoms with Gasteiger partial charge in [-0.15, -0.1) is 0 Å². The molecule has 1 aromatic heterocycles. The molecule has 0 saturated heterocycles. The molecule has 0 bridgehead atoms. The van der Waals surface area contributed by atoms with Crippen LogP contribution in [0, 0.1) is 6.92 Å². The second kappa shape index (κ2) is 5.39. The van der Waals surface area contributed by atoms with Crippen LogP contribution in [-0.2, 0) is 16.6 Å². The predicted molar refractivity (Wildman–Crippen MR) is 66.4 cm³/mol. The molecule has 0 aliphatic rings. The summed E-state index contributed by atoms with van der Waals surface area (Å²) >= 11 is 4.57. The van der Waals surface area contributed by atoms with Gasteiger partial charge in [-0.1, -0.05) is 12.2 Å². The molecule has 0 aromatic carbocycles. The van der Waals surface area contributed by atoms with Gasteiger partial charge < -0.3 is 16.4 Å². The van der Waals surface area contributed by atoms with Crippen molar-refractivity contribution in [1.29, 1.82) is 0 Å². The van der Waals surface area contributed by atoms with E-state index in [4.69, 9.17) is 5.73 Å². The van der Waals surface area contributed by atoms with Gasteiger partial charge in [-0.2, -0.15) is 5.10 Å². The topological polar surface area (TPSA) is 102 Å². The minimum Gasteiger partial charge on any atom is -0.392 e. The summed E-state index contributed by atoms with van der Waals surface area (Å²) in [6.45, 7) is 1.77. The number of aryl methyl sites for hydroxylation is 2. The summed E-state index contributed by atoms with van der Waals surface area (Å²) in [7, 11) is 1.66. The molecular formula is C9H13N5O2S. The summed E-state index contributed by atoms with van der Waals surface area (Å²) in [5.41, 5.74) is 5.93. The van der Waals surface area contributed by atoms with Crippen molar-refractivity contribution in [1.82, 2.24) is 15.1 Å². The highest BCUT2D eigenvalue weighted by Gasteiger charge is 2.15. The first-order valence-corrected chi connectivity index (χ1v) is 5.19.